The molecule has 2 fully saturated rings. The van der Waals surface area contributed by atoms with Gasteiger partial charge in [-0.1, -0.05) is 66.2 Å². The fraction of sp³-hybridized carbons (Fsp3) is 0.619. The Kier molecular flexibility index (Phi) is 10.5. The summed E-state index contributed by atoms with van der Waals surface area (Å²) < 4.78 is 6.58. The van der Waals surface area contributed by atoms with Gasteiger partial charge in [0.15, 0.2) is 11.6 Å². The minimum atomic E-state index is -0.0793. The molecule has 1 aromatic carbocycles. The van der Waals surface area contributed by atoms with Crippen LogP contribution in [0.15, 0.2) is 30.6 Å². The van der Waals surface area contributed by atoms with Gasteiger partial charge < -0.3 is 10.5 Å². The van der Waals surface area contributed by atoms with Crippen molar-refractivity contribution in [3.63, 3.8) is 0 Å². The predicted molar refractivity (Wildman–Crippen MR) is 204 cm³/mol. The molecular weight excluding hydrogens is 609 g/mol. The Bertz CT molecular complexity index is 1640. The quantitative estimate of drug-likeness (QED) is 0.265. The number of nitrogen functional groups attached to an aromatic ring is 1. The van der Waals surface area contributed by atoms with E-state index in [0.717, 1.165) is 47.5 Å². The second-order valence-corrected chi connectivity index (χ2v) is 19.0. The van der Waals surface area contributed by atoms with Crippen LogP contribution in [0.3, 0.4) is 0 Å². The Labute approximate surface area is 295 Å². The van der Waals surface area contributed by atoms with Crippen molar-refractivity contribution in [2.75, 3.05) is 18.8 Å². The minimum Gasteiger partial charge on any atom is -0.485 e. The molecule has 48 heavy (non-hydrogen) atoms. The summed E-state index contributed by atoms with van der Waals surface area (Å²) in [5.74, 6) is 9.50. The molecule has 260 valence electrons. The summed E-state index contributed by atoms with van der Waals surface area (Å²) in [7, 11) is 0. The summed E-state index contributed by atoms with van der Waals surface area (Å²) >= 11 is 1.78. The molecule has 0 spiro atoms. The van der Waals surface area contributed by atoms with Crippen molar-refractivity contribution in [3.8, 4) is 28.0 Å². The molecule has 0 radical (unpaired) electrons. The van der Waals surface area contributed by atoms with Gasteiger partial charge in [0.05, 0.1) is 9.88 Å². The number of hydrogen-bond donors (Lipinski definition) is 1. The van der Waals surface area contributed by atoms with Crippen LogP contribution in [0.25, 0.3) is 10.4 Å². The zero-order chi connectivity index (χ0) is 35.1. The van der Waals surface area contributed by atoms with Crippen LogP contribution in [0, 0.1) is 23.2 Å². The van der Waals surface area contributed by atoms with E-state index >= 15 is 0 Å². The maximum Gasteiger partial charge on any atom is 0.166 e. The van der Waals surface area contributed by atoms with Crippen LogP contribution in [-0.2, 0) is 17.4 Å². The van der Waals surface area contributed by atoms with Gasteiger partial charge in [-0.15, -0.1) is 11.3 Å². The molecule has 0 bridgehead atoms. The lowest BCUT2D eigenvalue weighted by Crippen LogP contribution is -2.45. The normalized spacial score (nSPS) is 17.4. The van der Waals surface area contributed by atoms with Gasteiger partial charge in [-0.05, 0) is 125 Å². The molecule has 6 heteroatoms. The van der Waals surface area contributed by atoms with Gasteiger partial charge in [-0.25, -0.2) is 9.97 Å². The molecule has 3 heterocycles. The van der Waals surface area contributed by atoms with E-state index in [0.29, 0.717) is 30.0 Å². The maximum atomic E-state index is 6.58. The van der Waals surface area contributed by atoms with Crippen LogP contribution in [0.2, 0.25) is 0 Å². The van der Waals surface area contributed by atoms with Crippen molar-refractivity contribution in [2.24, 2.45) is 11.3 Å². The fourth-order valence-corrected chi connectivity index (χ4v) is 8.68. The van der Waals surface area contributed by atoms with Crippen molar-refractivity contribution in [2.45, 2.75) is 144 Å². The first-order valence-corrected chi connectivity index (χ1v) is 18.9. The van der Waals surface area contributed by atoms with Crippen molar-refractivity contribution in [1.82, 2.24) is 14.9 Å². The molecule has 2 N–H and O–H groups in total. The Hall–Kier alpha value is -2.88. The lowest BCUT2D eigenvalue weighted by molar-refractivity contribution is 0.102. The summed E-state index contributed by atoms with van der Waals surface area (Å²) in [6.07, 6.45) is 11.4. The first-order chi connectivity index (χ1) is 22.3. The van der Waals surface area contributed by atoms with Crippen LogP contribution >= 0.6 is 11.3 Å². The lowest BCUT2D eigenvalue weighted by atomic mass is 9.72. The number of rotatable bonds is 6. The molecule has 1 saturated heterocycles. The topological polar surface area (TPSA) is 64.3 Å². The molecule has 5 nitrogen and oxygen atoms in total. The van der Waals surface area contributed by atoms with Crippen LogP contribution in [0.4, 0.5) is 5.82 Å². The van der Waals surface area contributed by atoms with Gasteiger partial charge in [0.2, 0.25) is 0 Å². The third-order valence-electron chi connectivity index (χ3n) is 10.5. The smallest absolute Gasteiger partial charge is 0.166 e. The highest BCUT2D eigenvalue weighted by atomic mass is 32.1. The molecule has 0 amide bonds. The number of aromatic nitrogens is 2. The minimum absolute atomic E-state index is 0.00140. The van der Waals surface area contributed by atoms with Crippen LogP contribution in [0.1, 0.15) is 148 Å². The summed E-state index contributed by atoms with van der Waals surface area (Å²) in [6.45, 7) is 27.9. The highest BCUT2D eigenvalue weighted by Crippen LogP contribution is 2.41. The summed E-state index contributed by atoms with van der Waals surface area (Å²) in [5, 5.41) is 1.22. The van der Waals surface area contributed by atoms with E-state index in [-0.39, 0.29) is 21.8 Å². The molecule has 0 atom stereocenters. The number of thiazole rings is 1. The molecule has 1 aliphatic carbocycles. The van der Waals surface area contributed by atoms with Gasteiger partial charge in [-0.3, -0.25) is 4.90 Å². The van der Waals surface area contributed by atoms with Crippen molar-refractivity contribution >= 4 is 17.2 Å². The molecule has 2 aromatic heterocycles. The van der Waals surface area contributed by atoms with E-state index in [1.54, 1.807) is 11.3 Å². The van der Waals surface area contributed by atoms with E-state index in [1.807, 2.05) is 18.5 Å². The Balaban J connectivity index is 1.41. The first-order valence-electron chi connectivity index (χ1n) is 18.1. The molecule has 2 aliphatic rings. The number of anilines is 1. The van der Waals surface area contributed by atoms with Gasteiger partial charge in [0, 0.05) is 40.4 Å². The van der Waals surface area contributed by atoms with Gasteiger partial charge in [-0.2, -0.15) is 0 Å². The Morgan fingerprint density at radius 2 is 1.52 bits per heavy atom. The average molecular weight is 669 g/mol. The molecule has 1 saturated carbocycles. The van der Waals surface area contributed by atoms with E-state index in [4.69, 9.17) is 15.5 Å². The summed E-state index contributed by atoms with van der Waals surface area (Å²) in [6, 6.07) is 6.62. The highest BCUT2D eigenvalue weighted by molar-refractivity contribution is 7.15. The highest BCUT2D eigenvalue weighted by Gasteiger charge is 2.32. The Morgan fingerprint density at radius 3 is 2.12 bits per heavy atom. The standard InChI is InChI=1S/C42H60N4OS/c1-39(2,3)33-23-28(16-19-42(10,11)32-14-12-13-15-32)22-31(36(33)40(4,5)6)27-47-34-24-30(25-44-37(34)43)35-26-45-38(48-35)29-17-20-46(21-18-29)41(7,8)9/h22-26,29,32H,12-15,17-18,20-21,27H2,1-11H3,(H2,43,44). The number of benzene rings is 1. The van der Waals surface area contributed by atoms with E-state index in [9.17, 15) is 0 Å². The zero-order valence-corrected chi connectivity index (χ0v) is 32.5. The zero-order valence-electron chi connectivity index (χ0n) is 31.6. The molecular formula is C42H60N4OS. The largest absolute Gasteiger partial charge is 0.485 e. The second-order valence-electron chi connectivity index (χ2n) is 17.9. The van der Waals surface area contributed by atoms with Gasteiger partial charge >= 0.3 is 0 Å². The third-order valence-corrected chi connectivity index (χ3v) is 11.8. The number of likely N-dealkylation sites (tertiary alicyclic amines) is 1. The number of piperidine rings is 1. The number of nitrogens with zero attached hydrogens (tertiary/aromatic N) is 3. The van der Waals surface area contributed by atoms with Crippen molar-refractivity contribution in [1.29, 1.82) is 0 Å². The first kappa shape index (κ1) is 36.4. The molecule has 5 rings (SSSR count). The number of nitrogens with two attached hydrogens (primary N) is 1. The average Bonchev–Trinajstić information content (AvgIpc) is 3.72. The van der Waals surface area contributed by atoms with Crippen LogP contribution < -0.4 is 10.5 Å². The van der Waals surface area contributed by atoms with E-state index in [1.165, 1.54) is 41.8 Å². The second kappa shape index (κ2) is 13.8. The maximum absolute atomic E-state index is 6.58. The number of ether oxygens (including phenoxy) is 1. The molecule has 3 aromatic rings. The van der Waals surface area contributed by atoms with Gasteiger partial charge in [0.25, 0.3) is 0 Å². The predicted octanol–water partition coefficient (Wildman–Crippen LogP) is 10.5. The number of pyridine rings is 1. The fourth-order valence-electron chi connectivity index (χ4n) is 7.62. The molecule has 1 aliphatic heterocycles. The third kappa shape index (κ3) is 8.45. The summed E-state index contributed by atoms with van der Waals surface area (Å²) in [5.41, 5.74) is 12.4. The van der Waals surface area contributed by atoms with Crippen molar-refractivity contribution in [3.05, 3.63) is 57.9 Å². The van der Waals surface area contributed by atoms with E-state index < -0.39 is 0 Å². The Morgan fingerprint density at radius 1 is 0.854 bits per heavy atom. The molecule has 0 unspecified atom stereocenters. The van der Waals surface area contributed by atoms with Crippen LogP contribution in [-0.4, -0.2) is 33.5 Å². The van der Waals surface area contributed by atoms with Crippen LogP contribution in [0.5, 0.6) is 5.75 Å². The monoisotopic (exact) mass is 668 g/mol. The SMILES string of the molecule is CC(C)(C)c1cc(C#CC(C)(C)C2CCCC2)cc(COc2cc(-c3cnc(C4CCN(C(C)(C)C)CC4)s3)cnc2N)c1C(C)(C)C. The summed E-state index contributed by atoms with van der Waals surface area (Å²) in [4.78, 5) is 13.1. The van der Waals surface area contributed by atoms with E-state index in [2.05, 4.69) is 110 Å². The van der Waals surface area contributed by atoms with Gasteiger partial charge in [0.1, 0.15) is 6.61 Å². The lowest BCUT2D eigenvalue weighted by Gasteiger charge is -2.40. The number of hydrogen-bond acceptors (Lipinski definition) is 6. The van der Waals surface area contributed by atoms with Crippen molar-refractivity contribution < 1.29 is 4.74 Å².